The number of carbonyl (C=O) groups excluding carboxylic acids is 1. The number of aryl methyl sites for hydroxylation is 1. The van der Waals surface area contributed by atoms with E-state index in [1.807, 2.05) is 0 Å². The van der Waals surface area contributed by atoms with Gasteiger partial charge in [-0.25, -0.2) is 0 Å². The van der Waals surface area contributed by atoms with Crippen molar-refractivity contribution in [3.63, 3.8) is 0 Å². The summed E-state index contributed by atoms with van der Waals surface area (Å²) in [7, 11) is -9.13. The van der Waals surface area contributed by atoms with Gasteiger partial charge in [0, 0.05) is 24.6 Å². The Kier molecular flexibility index (Phi) is 4.28. The molecule has 1 aliphatic rings. The molecule has 0 aromatic heterocycles. The zero-order valence-corrected chi connectivity index (χ0v) is 13.2. The second-order valence-electron chi connectivity index (χ2n) is 5.20. The van der Waals surface area contributed by atoms with Gasteiger partial charge in [0.2, 0.25) is 5.91 Å². The summed E-state index contributed by atoms with van der Waals surface area (Å²) in [6, 6.07) is 4.04. The third-order valence-electron chi connectivity index (χ3n) is 3.40. The molecule has 22 heavy (non-hydrogen) atoms. The molecule has 2 rings (SSSR count). The van der Waals surface area contributed by atoms with Crippen molar-refractivity contribution >= 4 is 31.9 Å². The van der Waals surface area contributed by atoms with Crippen molar-refractivity contribution in [3.8, 4) is 0 Å². The van der Waals surface area contributed by atoms with E-state index in [9.17, 15) is 25.5 Å². The van der Waals surface area contributed by atoms with Crippen LogP contribution in [0.25, 0.3) is 0 Å². The minimum absolute atomic E-state index is 0.0318. The van der Waals surface area contributed by atoms with Gasteiger partial charge >= 0.3 is 10.2 Å². The molecule has 1 atom stereocenters. The third kappa shape index (κ3) is 3.81. The normalized spacial score (nSPS) is 19.7. The number of hydrogen-bond acceptors (Lipinski definition) is 5. The number of halogens is 1. The molecule has 1 aromatic carbocycles. The molecule has 1 fully saturated rings. The second kappa shape index (κ2) is 5.60. The number of benzene rings is 1. The molecule has 1 amide bonds. The maximum absolute atomic E-state index is 12.7. The van der Waals surface area contributed by atoms with Crippen molar-refractivity contribution in [2.45, 2.75) is 18.2 Å². The zero-order valence-electron chi connectivity index (χ0n) is 11.6. The van der Waals surface area contributed by atoms with Crippen LogP contribution in [0.1, 0.15) is 12.0 Å². The van der Waals surface area contributed by atoms with Crippen LogP contribution >= 0.6 is 0 Å². The molecule has 0 spiro atoms. The first-order valence-electron chi connectivity index (χ1n) is 6.28. The lowest BCUT2D eigenvalue weighted by Gasteiger charge is -2.18. The van der Waals surface area contributed by atoms with Crippen molar-refractivity contribution < 1.29 is 30.1 Å². The highest BCUT2D eigenvalue weighted by Gasteiger charge is 2.34. The molecule has 0 aliphatic carbocycles. The van der Waals surface area contributed by atoms with Gasteiger partial charge in [0.25, 0.3) is 10.1 Å². The van der Waals surface area contributed by atoms with Crippen molar-refractivity contribution in [2.24, 2.45) is 5.92 Å². The van der Waals surface area contributed by atoms with Crippen LogP contribution in [-0.2, 0) is 25.1 Å². The van der Waals surface area contributed by atoms with Crippen LogP contribution < -0.4 is 4.90 Å². The Hall–Kier alpha value is -1.52. The largest absolute Gasteiger partial charge is 0.312 e. The SMILES string of the molecule is Cc1ccc(N2CC(CS(=O)(=O)F)CC2=O)cc1S(=O)(=O)O. The number of amides is 1. The summed E-state index contributed by atoms with van der Waals surface area (Å²) < 4.78 is 65.7. The summed E-state index contributed by atoms with van der Waals surface area (Å²) >= 11 is 0. The Labute approximate surface area is 127 Å². The molecule has 1 saturated heterocycles. The fraction of sp³-hybridized carbons (Fsp3) is 0.417. The Morgan fingerprint density at radius 1 is 1.32 bits per heavy atom. The summed E-state index contributed by atoms with van der Waals surface area (Å²) in [4.78, 5) is 12.8. The van der Waals surface area contributed by atoms with Crippen molar-refractivity contribution in [1.82, 2.24) is 0 Å². The fourth-order valence-electron chi connectivity index (χ4n) is 2.46. The number of nitrogens with zero attached hydrogens (tertiary/aromatic N) is 1. The summed E-state index contributed by atoms with van der Waals surface area (Å²) in [6.45, 7) is 1.45. The number of anilines is 1. The molecule has 1 aromatic rings. The Balaban J connectivity index is 2.32. The van der Waals surface area contributed by atoms with Gasteiger partial charge in [-0.1, -0.05) is 6.07 Å². The van der Waals surface area contributed by atoms with Gasteiger partial charge in [-0.05, 0) is 24.6 Å². The van der Waals surface area contributed by atoms with E-state index in [-0.39, 0.29) is 23.5 Å². The second-order valence-corrected chi connectivity index (χ2v) is 8.01. The molecule has 0 saturated carbocycles. The average Bonchev–Trinajstić information content (AvgIpc) is 2.66. The summed E-state index contributed by atoms with van der Waals surface area (Å²) in [5, 5.41) is 0. The fourth-order valence-corrected chi connectivity index (χ4v) is 3.99. The predicted octanol–water partition coefficient (Wildman–Crippen LogP) is 0.894. The molecule has 1 heterocycles. The first-order valence-corrected chi connectivity index (χ1v) is 9.27. The topological polar surface area (TPSA) is 109 Å². The van der Waals surface area contributed by atoms with E-state index in [0.29, 0.717) is 5.56 Å². The molecule has 122 valence electrons. The van der Waals surface area contributed by atoms with Gasteiger partial charge in [0.15, 0.2) is 0 Å². The van der Waals surface area contributed by atoms with E-state index in [1.54, 1.807) is 0 Å². The van der Waals surface area contributed by atoms with Crippen LogP contribution in [-0.4, -0.2) is 39.6 Å². The van der Waals surface area contributed by atoms with Crippen LogP contribution in [0, 0.1) is 12.8 Å². The maximum Gasteiger partial charge on any atom is 0.302 e. The lowest BCUT2D eigenvalue weighted by Crippen LogP contribution is -2.25. The van der Waals surface area contributed by atoms with Crippen molar-refractivity contribution in [2.75, 3.05) is 17.2 Å². The van der Waals surface area contributed by atoms with Crippen LogP contribution in [0.4, 0.5) is 9.57 Å². The predicted molar refractivity (Wildman–Crippen MR) is 76.3 cm³/mol. The molecule has 1 aliphatic heterocycles. The van der Waals surface area contributed by atoms with Gasteiger partial charge in [-0.3, -0.25) is 9.35 Å². The lowest BCUT2D eigenvalue weighted by atomic mass is 10.1. The highest BCUT2D eigenvalue weighted by Crippen LogP contribution is 2.29. The minimum Gasteiger partial charge on any atom is -0.312 e. The van der Waals surface area contributed by atoms with Crippen molar-refractivity contribution in [1.29, 1.82) is 0 Å². The Morgan fingerprint density at radius 2 is 1.95 bits per heavy atom. The summed E-state index contributed by atoms with van der Waals surface area (Å²) in [5.74, 6) is -1.89. The lowest BCUT2D eigenvalue weighted by molar-refractivity contribution is -0.117. The van der Waals surface area contributed by atoms with Gasteiger partial charge in [-0.15, -0.1) is 3.89 Å². The minimum atomic E-state index is -4.69. The molecular weight excluding hydrogens is 337 g/mol. The monoisotopic (exact) mass is 351 g/mol. The Morgan fingerprint density at radius 3 is 2.50 bits per heavy atom. The van der Waals surface area contributed by atoms with Gasteiger partial charge in [0.1, 0.15) is 0 Å². The summed E-state index contributed by atoms with van der Waals surface area (Å²) in [5.41, 5.74) is 0.516. The van der Waals surface area contributed by atoms with E-state index < -0.39 is 37.9 Å². The zero-order chi connectivity index (χ0) is 16.7. The Bertz CT molecular complexity index is 818. The van der Waals surface area contributed by atoms with Gasteiger partial charge in [-0.2, -0.15) is 16.8 Å². The van der Waals surface area contributed by atoms with E-state index in [1.165, 1.54) is 24.0 Å². The van der Waals surface area contributed by atoms with Crippen LogP contribution in [0.15, 0.2) is 23.1 Å². The van der Waals surface area contributed by atoms with Crippen LogP contribution in [0.2, 0.25) is 0 Å². The highest BCUT2D eigenvalue weighted by molar-refractivity contribution is 7.86. The quantitative estimate of drug-likeness (QED) is 0.637. The molecular formula is C12H14FNO6S2. The molecule has 10 heteroatoms. The smallest absolute Gasteiger partial charge is 0.302 e. The van der Waals surface area contributed by atoms with Crippen LogP contribution in [0.5, 0.6) is 0 Å². The number of hydrogen-bond donors (Lipinski definition) is 1. The average molecular weight is 351 g/mol. The van der Waals surface area contributed by atoms with E-state index in [2.05, 4.69) is 0 Å². The highest BCUT2D eigenvalue weighted by atomic mass is 32.3. The van der Waals surface area contributed by atoms with Gasteiger partial charge < -0.3 is 4.90 Å². The summed E-state index contributed by atoms with van der Waals surface area (Å²) in [6.07, 6.45) is -0.141. The van der Waals surface area contributed by atoms with Gasteiger partial charge in [0.05, 0.1) is 10.6 Å². The van der Waals surface area contributed by atoms with Crippen LogP contribution in [0.3, 0.4) is 0 Å². The molecule has 1 N–H and O–H groups in total. The molecule has 1 unspecified atom stereocenters. The van der Waals surface area contributed by atoms with Crippen molar-refractivity contribution in [3.05, 3.63) is 23.8 Å². The molecule has 0 bridgehead atoms. The molecule has 7 nitrogen and oxygen atoms in total. The first kappa shape index (κ1) is 16.8. The molecule has 0 radical (unpaired) electrons. The van der Waals surface area contributed by atoms with E-state index in [0.717, 1.165) is 6.07 Å². The maximum atomic E-state index is 12.7. The van der Waals surface area contributed by atoms with E-state index in [4.69, 9.17) is 4.55 Å². The van der Waals surface area contributed by atoms with E-state index >= 15 is 0 Å². The number of rotatable bonds is 4. The third-order valence-corrected chi connectivity index (χ3v) is 5.27. The standard InChI is InChI=1S/C12H14FNO6S2/c1-8-2-3-10(5-11(8)22(18,19)20)14-6-9(4-12(14)15)7-21(13,16)17/h2-3,5,9H,4,6-7H2,1H3,(H,18,19,20). The number of carbonyl (C=O) groups is 1. The first-order chi connectivity index (χ1) is 9.97.